The Labute approximate surface area is 234 Å². The van der Waals surface area contributed by atoms with Crippen LogP contribution in [0.4, 0.5) is 30.2 Å². The highest BCUT2D eigenvalue weighted by Gasteiger charge is 2.67. The number of anilines is 3. The van der Waals surface area contributed by atoms with E-state index in [4.69, 9.17) is 58.0 Å². The lowest BCUT2D eigenvalue weighted by molar-refractivity contribution is -0.117. The molecule has 1 saturated carbocycles. The molecule has 0 saturated heterocycles. The van der Waals surface area contributed by atoms with Gasteiger partial charge in [0.1, 0.15) is 21.7 Å². The molecule has 0 radical (unpaired) electrons. The van der Waals surface area contributed by atoms with E-state index >= 15 is 0 Å². The van der Waals surface area contributed by atoms with Crippen LogP contribution in [0, 0.1) is 23.4 Å². The molecule has 0 aliphatic heterocycles. The van der Waals surface area contributed by atoms with E-state index < -0.39 is 56.7 Å². The Balaban J connectivity index is 1.54. The first-order valence-corrected chi connectivity index (χ1v) is 12.4. The van der Waals surface area contributed by atoms with Crippen LogP contribution in [-0.4, -0.2) is 23.2 Å². The monoisotopic (exact) mass is 609 g/mol. The van der Waals surface area contributed by atoms with Gasteiger partial charge in [0.2, 0.25) is 5.91 Å². The van der Waals surface area contributed by atoms with Crippen molar-refractivity contribution in [1.82, 2.24) is 0 Å². The molecule has 1 aliphatic rings. The molecular weight excluding hydrogens is 597 g/mol. The van der Waals surface area contributed by atoms with Gasteiger partial charge < -0.3 is 16.0 Å². The molecule has 2 amide bonds. The second kappa shape index (κ2) is 10.4. The molecular formula is C24H15Cl5F3N3O2. The van der Waals surface area contributed by atoms with Gasteiger partial charge in [0, 0.05) is 18.7 Å². The highest BCUT2D eigenvalue weighted by molar-refractivity contribution is 6.54. The number of alkyl halides is 2. The second-order valence-electron chi connectivity index (χ2n) is 8.10. The molecule has 194 valence electrons. The van der Waals surface area contributed by atoms with Crippen LogP contribution in [0.25, 0.3) is 0 Å². The molecule has 0 aromatic heterocycles. The molecule has 3 aromatic rings. The van der Waals surface area contributed by atoms with Gasteiger partial charge in [-0.1, -0.05) is 34.8 Å². The minimum absolute atomic E-state index is 0.0171. The zero-order valence-electron chi connectivity index (χ0n) is 18.5. The van der Waals surface area contributed by atoms with Crippen LogP contribution in [0.5, 0.6) is 0 Å². The fraction of sp³-hybridized carbons (Fsp3) is 0.167. The van der Waals surface area contributed by atoms with Crippen LogP contribution >= 0.6 is 58.0 Å². The average molecular weight is 612 g/mol. The van der Waals surface area contributed by atoms with E-state index in [1.165, 1.54) is 25.2 Å². The maximum atomic E-state index is 14.5. The predicted molar refractivity (Wildman–Crippen MR) is 141 cm³/mol. The molecule has 1 fully saturated rings. The van der Waals surface area contributed by atoms with E-state index in [1.807, 2.05) is 5.32 Å². The number of amides is 2. The van der Waals surface area contributed by atoms with Crippen molar-refractivity contribution >= 4 is 86.9 Å². The molecule has 2 atom stereocenters. The van der Waals surface area contributed by atoms with Gasteiger partial charge in [-0.3, -0.25) is 9.59 Å². The number of rotatable bonds is 6. The van der Waals surface area contributed by atoms with Crippen molar-refractivity contribution in [3.05, 3.63) is 86.1 Å². The van der Waals surface area contributed by atoms with E-state index in [0.29, 0.717) is 5.56 Å². The summed E-state index contributed by atoms with van der Waals surface area (Å²) in [7, 11) is 1.41. The fourth-order valence-corrected chi connectivity index (χ4v) is 5.30. The summed E-state index contributed by atoms with van der Waals surface area (Å²) in [6.07, 6.45) is 0. The molecule has 0 spiro atoms. The number of nitrogens with one attached hydrogen (secondary N) is 3. The summed E-state index contributed by atoms with van der Waals surface area (Å²) in [5.41, 5.74) is -0.912. The van der Waals surface area contributed by atoms with Gasteiger partial charge in [-0.25, -0.2) is 13.2 Å². The minimum atomic E-state index is -1.50. The lowest BCUT2D eigenvalue weighted by atomic mass is 10.1. The van der Waals surface area contributed by atoms with E-state index in [1.54, 1.807) is 0 Å². The summed E-state index contributed by atoms with van der Waals surface area (Å²) in [4.78, 5) is 25.6. The predicted octanol–water partition coefficient (Wildman–Crippen LogP) is 7.88. The highest BCUT2D eigenvalue weighted by atomic mass is 35.5. The summed E-state index contributed by atoms with van der Waals surface area (Å²) < 4.78 is 41.5. The molecule has 3 N–H and O–H groups in total. The van der Waals surface area contributed by atoms with Crippen molar-refractivity contribution in [1.29, 1.82) is 0 Å². The molecule has 0 unspecified atom stereocenters. The average Bonchev–Trinajstić information content (AvgIpc) is 3.43. The molecule has 3 aromatic carbocycles. The third-order valence-corrected chi connectivity index (χ3v) is 7.92. The normalized spacial score (nSPS) is 17.8. The Morgan fingerprint density at radius 2 is 1.51 bits per heavy atom. The van der Waals surface area contributed by atoms with Crippen molar-refractivity contribution < 1.29 is 22.8 Å². The quantitative estimate of drug-likeness (QED) is 0.196. The summed E-state index contributed by atoms with van der Waals surface area (Å²) in [6.45, 7) is 0. The first-order chi connectivity index (χ1) is 17.4. The molecule has 0 bridgehead atoms. The first kappa shape index (κ1) is 27.7. The Bertz CT molecular complexity index is 1410. The van der Waals surface area contributed by atoms with E-state index in [-0.39, 0.29) is 26.4 Å². The summed E-state index contributed by atoms with van der Waals surface area (Å²) in [6, 6.07) is 8.20. The molecule has 0 heterocycles. The number of hydrogen-bond donors (Lipinski definition) is 3. The van der Waals surface area contributed by atoms with Gasteiger partial charge in [-0.05, 0) is 48.0 Å². The van der Waals surface area contributed by atoms with Crippen molar-refractivity contribution in [3.8, 4) is 0 Å². The van der Waals surface area contributed by atoms with Crippen molar-refractivity contribution in [3.63, 3.8) is 0 Å². The summed E-state index contributed by atoms with van der Waals surface area (Å²) >= 11 is 30.8. The summed E-state index contributed by atoms with van der Waals surface area (Å²) in [5.74, 6) is -6.51. The largest absolute Gasteiger partial charge is 0.386 e. The van der Waals surface area contributed by atoms with Gasteiger partial charge >= 0.3 is 0 Å². The van der Waals surface area contributed by atoms with Crippen LogP contribution < -0.4 is 16.0 Å². The first-order valence-electron chi connectivity index (χ1n) is 10.5. The zero-order chi connectivity index (χ0) is 27.2. The van der Waals surface area contributed by atoms with E-state index in [0.717, 1.165) is 24.3 Å². The molecule has 5 nitrogen and oxygen atoms in total. The van der Waals surface area contributed by atoms with Crippen molar-refractivity contribution in [2.24, 2.45) is 5.92 Å². The Kier molecular flexibility index (Phi) is 7.79. The maximum absolute atomic E-state index is 14.5. The molecule has 37 heavy (non-hydrogen) atoms. The standard InChI is InChI=1S/C24H15Cl5F3N3O2/c1-33-16-5-4-15(31)21(20(16)32)35-22(36)11-8-10(2-3-14(11)30)34-23(37)18-17(24(18,28)29)9-6-12(25)19(27)13(26)7-9/h2-8,17-18,33H,1H3,(H,34,37)(H,35,36)/t17-,18+/m0/s1. The zero-order valence-corrected chi connectivity index (χ0v) is 22.3. The van der Waals surface area contributed by atoms with Crippen LogP contribution in [0.3, 0.4) is 0 Å². The topological polar surface area (TPSA) is 70.2 Å². The number of benzene rings is 3. The maximum Gasteiger partial charge on any atom is 0.258 e. The fourth-order valence-electron chi connectivity index (χ4n) is 3.86. The Morgan fingerprint density at radius 1 is 0.892 bits per heavy atom. The Morgan fingerprint density at radius 3 is 2.14 bits per heavy atom. The lowest BCUT2D eigenvalue weighted by Crippen LogP contribution is -2.19. The van der Waals surface area contributed by atoms with Gasteiger partial charge in [-0.15, -0.1) is 23.2 Å². The van der Waals surface area contributed by atoms with Crippen molar-refractivity contribution in [2.75, 3.05) is 23.0 Å². The Hall–Kier alpha value is -2.36. The third-order valence-electron chi connectivity index (χ3n) is 5.78. The molecule has 4 rings (SSSR count). The highest BCUT2D eigenvalue weighted by Crippen LogP contribution is 2.65. The minimum Gasteiger partial charge on any atom is -0.386 e. The molecule has 13 heteroatoms. The SMILES string of the molecule is CNc1ccc(F)c(NC(=O)c2cc(NC(=O)[C@H]3[C@H](c4cc(Cl)c(Cl)c(Cl)c4)C3(Cl)Cl)ccc2F)c1F. The van der Waals surface area contributed by atoms with Crippen molar-refractivity contribution in [2.45, 2.75) is 10.3 Å². The van der Waals surface area contributed by atoms with Gasteiger partial charge in [0.25, 0.3) is 5.91 Å². The van der Waals surface area contributed by atoms with Crippen LogP contribution in [0.2, 0.25) is 15.1 Å². The van der Waals surface area contributed by atoms with Gasteiger partial charge in [0.05, 0.1) is 32.2 Å². The molecule has 1 aliphatic carbocycles. The second-order valence-corrected chi connectivity index (χ2v) is 10.7. The number of hydrogen-bond acceptors (Lipinski definition) is 3. The smallest absolute Gasteiger partial charge is 0.258 e. The van der Waals surface area contributed by atoms with Crippen LogP contribution in [0.15, 0.2) is 42.5 Å². The van der Waals surface area contributed by atoms with E-state index in [9.17, 15) is 22.8 Å². The van der Waals surface area contributed by atoms with Gasteiger partial charge in [0.15, 0.2) is 5.82 Å². The lowest BCUT2D eigenvalue weighted by Gasteiger charge is -2.12. The van der Waals surface area contributed by atoms with Crippen LogP contribution in [-0.2, 0) is 4.79 Å². The van der Waals surface area contributed by atoms with E-state index in [2.05, 4.69) is 10.6 Å². The number of halogens is 8. The van der Waals surface area contributed by atoms with Crippen LogP contribution in [0.1, 0.15) is 21.8 Å². The third kappa shape index (κ3) is 5.31. The summed E-state index contributed by atoms with van der Waals surface area (Å²) in [5, 5.41) is 7.50. The van der Waals surface area contributed by atoms with Gasteiger partial charge in [-0.2, -0.15) is 0 Å². The number of carbonyl (C=O) groups is 2. The number of carbonyl (C=O) groups excluding carboxylic acids is 2.